The Balaban J connectivity index is 1.76. The first kappa shape index (κ1) is 14.1. The summed E-state index contributed by atoms with van der Waals surface area (Å²) in [6.07, 6.45) is 7.72. The number of carbonyl (C=O) groups excluding carboxylic acids is 1. The van der Waals surface area contributed by atoms with Gasteiger partial charge in [0.05, 0.1) is 12.3 Å². The lowest BCUT2D eigenvalue weighted by Crippen LogP contribution is -2.34. The Morgan fingerprint density at radius 2 is 2.37 bits per heavy atom. The fraction of sp³-hybridized carbons (Fsp3) is 0.714. The molecule has 0 radical (unpaired) electrons. The standard InChI is InChI=1S/C14H23N3O2/c1-16(10-12-4-3-5-13(12)18)14(19)7-6-11-8-15-17(2)9-11/h8-9,12-13,18H,3-7,10H2,1-2H3. The van der Waals surface area contributed by atoms with Crippen LogP contribution in [0.2, 0.25) is 0 Å². The summed E-state index contributed by atoms with van der Waals surface area (Å²) >= 11 is 0. The molecule has 1 aliphatic carbocycles. The molecule has 5 heteroatoms. The van der Waals surface area contributed by atoms with E-state index in [2.05, 4.69) is 5.10 Å². The van der Waals surface area contributed by atoms with E-state index in [1.807, 2.05) is 20.3 Å². The van der Waals surface area contributed by atoms with Gasteiger partial charge in [0.1, 0.15) is 0 Å². The van der Waals surface area contributed by atoms with Gasteiger partial charge in [-0.05, 0) is 24.8 Å². The van der Waals surface area contributed by atoms with Crippen LogP contribution in [0.5, 0.6) is 0 Å². The Morgan fingerprint density at radius 3 is 2.95 bits per heavy atom. The number of amides is 1. The number of carbonyl (C=O) groups is 1. The minimum absolute atomic E-state index is 0.142. The number of aliphatic hydroxyl groups is 1. The lowest BCUT2D eigenvalue weighted by molar-refractivity contribution is -0.130. The van der Waals surface area contributed by atoms with E-state index in [1.165, 1.54) is 0 Å². The zero-order chi connectivity index (χ0) is 13.8. The van der Waals surface area contributed by atoms with Crippen LogP contribution in [0.4, 0.5) is 0 Å². The van der Waals surface area contributed by atoms with Gasteiger partial charge in [0.2, 0.25) is 5.91 Å². The Kier molecular flexibility index (Phi) is 4.58. The maximum atomic E-state index is 12.0. The van der Waals surface area contributed by atoms with Crippen LogP contribution in [-0.4, -0.2) is 45.4 Å². The second-order valence-electron chi connectivity index (χ2n) is 5.55. The highest BCUT2D eigenvalue weighted by atomic mass is 16.3. The minimum atomic E-state index is -0.228. The normalized spacial score (nSPS) is 22.7. The molecule has 2 atom stereocenters. The Morgan fingerprint density at radius 1 is 1.58 bits per heavy atom. The Hall–Kier alpha value is -1.36. The number of aliphatic hydroxyl groups excluding tert-OH is 1. The van der Waals surface area contributed by atoms with Gasteiger partial charge in [-0.15, -0.1) is 0 Å². The van der Waals surface area contributed by atoms with Gasteiger partial charge in [-0.3, -0.25) is 9.48 Å². The van der Waals surface area contributed by atoms with Crippen molar-refractivity contribution in [1.82, 2.24) is 14.7 Å². The summed E-state index contributed by atoms with van der Waals surface area (Å²) in [5.74, 6) is 0.398. The summed E-state index contributed by atoms with van der Waals surface area (Å²) < 4.78 is 1.75. The number of nitrogens with zero attached hydrogens (tertiary/aromatic N) is 3. The van der Waals surface area contributed by atoms with Crippen molar-refractivity contribution in [3.8, 4) is 0 Å². The zero-order valence-electron chi connectivity index (χ0n) is 11.7. The quantitative estimate of drug-likeness (QED) is 0.863. The molecule has 106 valence electrons. The van der Waals surface area contributed by atoms with Crippen molar-refractivity contribution in [1.29, 1.82) is 0 Å². The van der Waals surface area contributed by atoms with Crippen LogP contribution in [0.25, 0.3) is 0 Å². The van der Waals surface area contributed by atoms with E-state index >= 15 is 0 Å². The van der Waals surface area contributed by atoms with E-state index < -0.39 is 0 Å². The number of rotatable bonds is 5. The molecule has 5 nitrogen and oxygen atoms in total. The van der Waals surface area contributed by atoms with Crippen molar-refractivity contribution in [3.05, 3.63) is 18.0 Å². The van der Waals surface area contributed by atoms with Gasteiger partial charge in [-0.1, -0.05) is 6.42 Å². The fourth-order valence-electron chi connectivity index (χ4n) is 2.73. The lowest BCUT2D eigenvalue weighted by atomic mass is 10.1. The second-order valence-corrected chi connectivity index (χ2v) is 5.55. The van der Waals surface area contributed by atoms with E-state index in [1.54, 1.807) is 15.8 Å². The first-order valence-electron chi connectivity index (χ1n) is 6.96. The van der Waals surface area contributed by atoms with E-state index in [9.17, 15) is 9.90 Å². The van der Waals surface area contributed by atoms with E-state index in [4.69, 9.17) is 0 Å². The molecule has 1 amide bonds. The van der Waals surface area contributed by atoms with Crippen molar-refractivity contribution in [3.63, 3.8) is 0 Å². The van der Waals surface area contributed by atoms with Crippen LogP contribution in [0.15, 0.2) is 12.4 Å². The first-order chi connectivity index (χ1) is 9.06. The van der Waals surface area contributed by atoms with Crippen LogP contribution in [0, 0.1) is 5.92 Å². The summed E-state index contributed by atoms with van der Waals surface area (Å²) in [4.78, 5) is 13.8. The molecule has 2 unspecified atom stereocenters. The topological polar surface area (TPSA) is 58.4 Å². The summed E-state index contributed by atoms with van der Waals surface area (Å²) in [6, 6.07) is 0. The molecule has 0 aromatic carbocycles. The molecule has 19 heavy (non-hydrogen) atoms. The number of hydrogen-bond donors (Lipinski definition) is 1. The molecule has 1 saturated carbocycles. The molecular weight excluding hydrogens is 242 g/mol. The molecule has 1 aliphatic rings. The highest BCUT2D eigenvalue weighted by Gasteiger charge is 2.27. The maximum Gasteiger partial charge on any atom is 0.222 e. The molecule has 2 rings (SSSR count). The van der Waals surface area contributed by atoms with Gasteiger partial charge >= 0.3 is 0 Å². The summed E-state index contributed by atoms with van der Waals surface area (Å²) in [6.45, 7) is 0.674. The van der Waals surface area contributed by atoms with E-state index in [0.717, 1.165) is 31.2 Å². The van der Waals surface area contributed by atoms with Crippen molar-refractivity contribution in [2.75, 3.05) is 13.6 Å². The summed E-state index contributed by atoms with van der Waals surface area (Å²) in [5, 5.41) is 13.9. The smallest absolute Gasteiger partial charge is 0.222 e. The van der Waals surface area contributed by atoms with Gasteiger partial charge in [0.25, 0.3) is 0 Å². The average Bonchev–Trinajstić information content (AvgIpc) is 2.96. The molecule has 1 N–H and O–H groups in total. The Labute approximate surface area is 114 Å². The van der Waals surface area contributed by atoms with Gasteiger partial charge in [0, 0.05) is 39.2 Å². The predicted molar refractivity (Wildman–Crippen MR) is 72.5 cm³/mol. The third-order valence-corrected chi connectivity index (χ3v) is 3.94. The first-order valence-corrected chi connectivity index (χ1v) is 6.96. The van der Waals surface area contributed by atoms with Gasteiger partial charge in [-0.25, -0.2) is 0 Å². The molecule has 0 spiro atoms. The lowest BCUT2D eigenvalue weighted by Gasteiger charge is -2.23. The van der Waals surface area contributed by atoms with Gasteiger partial charge < -0.3 is 10.0 Å². The summed E-state index contributed by atoms with van der Waals surface area (Å²) in [7, 11) is 3.70. The molecule has 1 aromatic rings. The molecule has 1 aromatic heterocycles. The number of aryl methyl sites for hydroxylation is 2. The van der Waals surface area contributed by atoms with Crippen molar-refractivity contribution in [2.45, 2.75) is 38.2 Å². The molecule has 1 fully saturated rings. The van der Waals surface area contributed by atoms with E-state index in [-0.39, 0.29) is 17.9 Å². The zero-order valence-corrected chi connectivity index (χ0v) is 11.7. The van der Waals surface area contributed by atoms with E-state index in [0.29, 0.717) is 13.0 Å². The molecular formula is C14H23N3O2. The predicted octanol–water partition coefficient (Wildman–Crippen LogP) is 0.972. The summed E-state index contributed by atoms with van der Waals surface area (Å²) in [5.41, 5.74) is 1.09. The highest BCUT2D eigenvalue weighted by Crippen LogP contribution is 2.26. The average molecular weight is 265 g/mol. The third-order valence-electron chi connectivity index (χ3n) is 3.94. The van der Waals surface area contributed by atoms with Crippen molar-refractivity contribution in [2.24, 2.45) is 13.0 Å². The molecule has 0 aliphatic heterocycles. The third kappa shape index (κ3) is 3.80. The van der Waals surface area contributed by atoms with Crippen LogP contribution in [-0.2, 0) is 18.3 Å². The second kappa shape index (κ2) is 6.19. The largest absolute Gasteiger partial charge is 0.393 e. The van der Waals surface area contributed by atoms with Crippen LogP contribution >= 0.6 is 0 Å². The number of hydrogen-bond acceptors (Lipinski definition) is 3. The van der Waals surface area contributed by atoms with Crippen LogP contribution < -0.4 is 0 Å². The molecule has 0 bridgehead atoms. The highest BCUT2D eigenvalue weighted by molar-refractivity contribution is 5.76. The monoisotopic (exact) mass is 265 g/mol. The maximum absolute atomic E-state index is 12.0. The fourth-order valence-corrected chi connectivity index (χ4v) is 2.73. The van der Waals surface area contributed by atoms with Gasteiger partial charge in [0.15, 0.2) is 0 Å². The van der Waals surface area contributed by atoms with Gasteiger partial charge in [-0.2, -0.15) is 5.10 Å². The van der Waals surface area contributed by atoms with Crippen molar-refractivity contribution < 1.29 is 9.90 Å². The SMILES string of the molecule is CN(CC1CCCC1O)C(=O)CCc1cnn(C)c1. The Bertz CT molecular complexity index is 430. The molecule has 1 heterocycles. The minimum Gasteiger partial charge on any atom is -0.393 e. The van der Waals surface area contributed by atoms with Crippen molar-refractivity contribution >= 4 is 5.91 Å². The number of aromatic nitrogens is 2. The van der Waals surface area contributed by atoms with Crippen LogP contribution in [0.3, 0.4) is 0 Å². The molecule has 0 saturated heterocycles. The van der Waals surface area contributed by atoms with Crippen LogP contribution in [0.1, 0.15) is 31.2 Å².